The highest BCUT2D eigenvalue weighted by Gasteiger charge is 2.26. The first-order chi connectivity index (χ1) is 10.0. The van der Waals surface area contributed by atoms with E-state index >= 15 is 0 Å². The molecule has 1 aliphatic rings. The fourth-order valence-corrected chi connectivity index (χ4v) is 3.72. The third kappa shape index (κ3) is 2.73. The molecule has 1 fully saturated rings. The van der Waals surface area contributed by atoms with Crippen LogP contribution >= 0.6 is 11.6 Å². The Bertz CT molecular complexity index is 751. The quantitative estimate of drug-likeness (QED) is 0.793. The summed E-state index contributed by atoms with van der Waals surface area (Å²) >= 11 is 6.08. The lowest BCUT2D eigenvalue weighted by molar-refractivity contribution is 0.387. The summed E-state index contributed by atoms with van der Waals surface area (Å²) in [5.41, 5.74) is 1.80. The van der Waals surface area contributed by atoms with Crippen LogP contribution in [-0.4, -0.2) is 54.5 Å². The number of rotatable bonds is 3. The third-order valence-electron chi connectivity index (χ3n) is 3.74. The summed E-state index contributed by atoms with van der Waals surface area (Å²) in [6.45, 7) is 2.21. The first kappa shape index (κ1) is 14.6. The molecule has 1 aliphatic heterocycles. The van der Waals surface area contributed by atoms with Gasteiger partial charge in [0.2, 0.25) is 10.0 Å². The van der Waals surface area contributed by atoms with Crippen LogP contribution in [-0.2, 0) is 15.9 Å². The number of nitrogens with zero attached hydrogens (tertiary/aromatic N) is 4. The zero-order valence-corrected chi connectivity index (χ0v) is 13.3. The Kier molecular flexibility index (Phi) is 3.81. The van der Waals surface area contributed by atoms with Gasteiger partial charge in [-0.25, -0.2) is 13.4 Å². The number of aromatic nitrogens is 2. The summed E-state index contributed by atoms with van der Waals surface area (Å²) < 4.78 is 26.6. The maximum atomic E-state index is 11.6. The lowest BCUT2D eigenvalue weighted by atomic mass is 10.3. The van der Waals surface area contributed by atoms with Gasteiger partial charge in [0.15, 0.2) is 5.82 Å². The van der Waals surface area contributed by atoms with Gasteiger partial charge in [0.05, 0.1) is 17.8 Å². The fourth-order valence-electron chi connectivity index (χ4n) is 2.64. The number of imidazole rings is 1. The van der Waals surface area contributed by atoms with E-state index in [1.165, 1.54) is 10.6 Å². The molecule has 0 atom stereocenters. The van der Waals surface area contributed by atoms with Gasteiger partial charge < -0.3 is 9.30 Å². The number of anilines is 1. The van der Waals surface area contributed by atoms with Gasteiger partial charge in [-0.05, 0) is 12.1 Å². The second-order valence-electron chi connectivity index (χ2n) is 5.09. The summed E-state index contributed by atoms with van der Waals surface area (Å²) in [4.78, 5) is 6.73. The monoisotopic (exact) mass is 328 g/mol. The van der Waals surface area contributed by atoms with E-state index in [9.17, 15) is 8.42 Å². The minimum absolute atomic E-state index is 0.368. The molecule has 3 rings (SSSR count). The summed E-state index contributed by atoms with van der Waals surface area (Å²) in [6.07, 6.45) is 3.19. The number of pyridine rings is 1. The topological polar surface area (TPSA) is 57.9 Å². The highest BCUT2D eigenvalue weighted by Crippen LogP contribution is 2.24. The SMILES string of the molecule is CS(=O)(=O)N1CCN(c2nc3ccccn3c2CCl)CC1. The zero-order chi connectivity index (χ0) is 15.0. The van der Waals surface area contributed by atoms with Crippen molar-refractivity contribution >= 4 is 33.1 Å². The molecule has 114 valence electrons. The molecular weight excluding hydrogens is 312 g/mol. The van der Waals surface area contributed by atoms with Crippen molar-refractivity contribution in [2.75, 3.05) is 37.3 Å². The number of fused-ring (bicyclic) bond motifs is 1. The average Bonchev–Trinajstić information content (AvgIpc) is 2.85. The molecule has 0 amide bonds. The van der Waals surface area contributed by atoms with E-state index in [0.717, 1.165) is 17.2 Å². The Morgan fingerprint density at radius 1 is 1.24 bits per heavy atom. The number of halogens is 1. The van der Waals surface area contributed by atoms with Crippen molar-refractivity contribution in [3.63, 3.8) is 0 Å². The van der Waals surface area contributed by atoms with Crippen molar-refractivity contribution in [1.29, 1.82) is 0 Å². The van der Waals surface area contributed by atoms with Gasteiger partial charge >= 0.3 is 0 Å². The fraction of sp³-hybridized carbons (Fsp3) is 0.462. The highest BCUT2D eigenvalue weighted by molar-refractivity contribution is 7.88. The molecule has 0 radical (unpaired) electrons. The normalized spacial score (nSPS) is 17.5. The molecule has 3 heterocycles. The highest BCUT2D eigenvalue weighted by atomic mass is 35.5. The van der Waals surface area contributed by atoms with E-state index in [4.69, 9.17) is 11.6 Å². The molecule has 0 aromatic carbocycles. The lowest BCUT2D eigenvalue weighted by Crippen LogP contribution is -2.48. The molecule has 0 bridgehead atoms. The molecule has 0 N–H and O–H groups in total. The van der Waals surface area contributed by atoms with E-state index < -0.39 is 10.0 Å². The standard InChI is InChI=1S/C13H17ClN4O2S/c1-21(19,20)17-8-6-16(7-9-17)13-11(10-14)18-5-3-2-4-12(18)15-13/h2-5H,6-10H2,1H3. The second kappa shape index (κ2) is 5.47. The van der Waals surface area contributed by atoms with Gasteiger partial charge in [-0.2, -0.15) is 4.31 Å². The van der Waals surface area contributed by atoms with Crippen LogP contribution in [0.15, 0.2) is 24.4 Å². The van der Waals surface area contributed by atoms with E-state index in [0.29, 0.717) is 32.1 Å². The van der Waals surface area contributed by atoms with Crippen LogP contribution in [0.1, 0.15) is 5.69 Å². The smallest absolute Gasteiger partial charge is 0.211 e. The molecule has 21 heavy (non-hydrogen) atoms. The molecule has 0 aliphatic carbocycles. The third-order valence-corrected chi connectivity index (χ3v) is 5.30. The molecule has 0 saturated carbocycles. The molecular formula is C13H17ClN4O2S. The largest absolute Gasteiger partial charge is 0.352 e. The van der Waals surface area contributed by atoms with Crippen molar-refractivity contribution < 1.29 is 8.42 Å². The summed E-state index contributed by atoms with van der Waals surface area (Å²) in [5, 5.41) is 0. The zero-order valence-electron chi connectivity index (χ0n) is 11.7. The van der Waals surface area contributed by atoms with Crippen molar-refractivity contribution in [3.05, 3.63) is 30.1 Å². The van der Waals surface area contributed by atoms with Gasteiger partial charge in [-0.15, -0.1) is 11.6 Å². The van der Waals surface area contributed by atoms with Gasteiger partial charge in [-0.1, -0.05) is 6.07 Å². The number of sulfonamides is 1. The van der Waals surface area contributed by atoms with E-state index in [2.05, 4.69) is 9.88 Å². The van der Waals surface area contributed by atoms with Crippen LogP contribution in [0, 0.1) is 0 Å². The van der Waals surface area contributed by atoms with Crippen LogP contribution in [0.3, 0.4) is 0 Å². The van der Waals surface area contributed by atoms with Crippen molar-refractivity contribution in [3.8, 4) is 0 Å². The average molecular weight is 329 g/mol. The van der Waals surface area contributed by atoms with E-state index in [1.54, 1.807) is 0 Å². The van der Waals surface area contributed by atoms with Crippen LogP contribution in [0.5, 0.6) is 0 Å². The molecule has 6 nitrogen and oxygen atoms in total. The first-order valence-corrected chi connectivity index (χ1v) is 9.11. The Hall–Kier alpha value is -1.31. The molecule has 0 spiro atoms. The number of alkyl halides is 1. The second-order valence-corrected chi connectivity index (χ2v) is 7.34. The predicted molar refractivity (Wildman–Crippen MR) is 83.4 cm³/mol. The molecule has 0 unspecified atom stereocenters. The minimum Gasteiger partial charge on any atom is -0.352 e. The number of hydrogen-bond donors (Lipinski definition) is 0. The molecule has 8 heteroatoms. The molecule has 1 saturated heterocycles. The van der Waals surface area contributed by atoms with Crippen molar-refractivity contribution in [2.45, 2.75) is 5.88 Å². The van der Waals surface area contributed by atoms with Gasteiger partial charge in [0, 0.05) is 32.4 Å². The molecule has 2 aromatic rings. The van der Waals surface area contributed by atoms with Gasteiger partial charge in [0.1, 0.15) is 5.65 Å². The van der Waals surface area contributed by atoms with Gasteiger partial charge in [-0.3, -0.25) is 0 Å². The van der Waals surface area contributed by atoms with Crippen molar-refractivity contribution in [2.24, 2.45) is 0 Å². The summed E-state index contributed by atoms with van der Waals surface area (Å²) in [5.74, 6) is 1.22. The maximum Gasteiger partial charge on any atom is 0.211 e. The minimum atomic E-state index is -3.12. The van der Waals surface area contributed by atoms with Crippen LogP contribution in [0.2, 0.25) is 0 Å². The van der Waals surface area contributed by atoms with Crippen LogP contribution in [0.25, 0.3) is 5.65 Å². The number of hydrogen-bond acceptors (Lipinski definition) is 4. The van der Waals surface area contributed by atoms with E-state index in [-0.39, 0.29) is 0 Å². The Morgan fingerprint density at radius 2 is 1.95 bits per heavy atom. The Morgan fingerprint density at radius 3 is 2.57 bits per heavy atom. The summed E-state index contributed by atoms with van der Waals surface area (Å²) in [7, 11) is -3.12. The number of piperazine rings is 1. The Balaban J connectivity index is 1.89. The van der Waals surface area contributed by atoms with Crippen LogP contribution < -0.4 is 4.90 Å². The Labute approximate surface area is 129 Å². The predicted octanol–water partition coefficient (Wildman–Crippen LogP) is 1.15. The van der Waals surface area contributed by atoms with E-state index in [1.807, 2.05) is 28.8 Å². The molecule has 2 aromatic heterocycles. The first-order valence-electron chi connectivity index (χ1n) is 6.72. The van der Waals surface area contributed by atoms with Gasteiger partial charge in [0.25, 0.3) is 0 Å². The lowest BCUT2D eigenvalue weighted by Gasteiger charge is -2.33. The maximum absolute atomic E-state index is 11.6. The summed E-state index contributed by atoms with van der Waals surface area (Å²) in [6, 6.07) is 5.81. The van der Waals surface area contributed by atoms with Crippen LogP contribution in [0.4, 0.5) is 5.82 Å². The van der Waals surface area contributed by atoms with Crippen molar-refractivity contribution in [1.82, 2.24) is 13.7 Å².